The number of hydrogen-bond acceptors (Lipinski definition) is 5. The van der Waals surface area contributed by atoms with Gasteiger partial charge in [-0.2, -0.15) is 0 Å². The smallest absolute Gasteiger partial charge is 0.238 e. The van der Waals surface area contributed by atoms with Crippen LogP contribution in [0.5, 0.6) is 5.75 Å². The molecule has 1 aliphatic rings. The van der Waals surface area contributed by atoms with E-state index in [1.807, 2.05) is 4.90 Å². The number of morpholine rings is 1. The molecule has 1 unspecified atom stereocenters. The van der Waals surface area contributed by atoms with Crippen LogP contribution in [-0.2, 0) is 9.53 Å². The highest BCUT2D eigenvalue weighted by molar-refractivity contribution is 6.32. The van der Waals surface area contributed by atoms with Crippen LogP contribution in [0.1, 0.15) is 0 Å². The van der Waals surface area contributed by atoms with Gasteiger partial charge in [0.05, 0.1) is 31.4 Å². The van der Waals surface area contributed by atoms with Gasteiger partial charge in [0.15, 0.2) is 0 Å². The third-order valence-corrected chi connectivity index (χ3v) is 3.58. The summed E-state index contributed by atoms with van der Waals surface area (Å²) in [4.78, 5) is 14.1. The molecule has 0 radical (unpaired) electrons. The molecular formula is C14H20ClN3O3. The molecule has 1 aliphatic heterocycles. The van der Waals surface area contributed by atoms with Crippen molar-refractivity contribution in [3.63, 3.8) is 0 Å². The Hall–Kier alpha value is -1.34. The fraction of sp³-hybridized carbons (Fsp3) is 0.500. The lowest BCUT2D eigenvalue weighted by atomic mass is 10.2. The number of methoxy groups -OCH3 is 1. The number of amides is 1. The summed E-state index contributed by atoms with van der Waals surface area (Å²) in [5.41, 5.74) is 6.23. The molecule has 6 nitrogen and oxygen atoms in total. The second-order valence-electron chi connectivity index (χ2n) is 4.86. The van der Waals surface area contributed by atoms with Gasteiger partial charge in [0.1, 0.15) is 5.75 Å². The summed E-state index contributed by atoms with van der Waals surface area (Å²) < 4.78 is 10.5. The van der Waals surface area contributed by atoms with Gasteiger partial charge in [0, 0.05) is 25.3 Å². The number of nitrogens with zero attached hydrogens (tertiary/aromatic N) is 1. The molecule has 1 aromatic carbocycles. The van der Waals surface area contributed by atoms with Gasteiger partial charge in [-0.25, -0.2) is 0 Å². The summed E-state index contributed by atoms with van der Waals surface area (Å²) in [5.74, 6) is 0.488. The number of halogens is 1. The molecule has 1 aromatic rings. The average Bonchev–Trinajstić information content (AvgIpc) is 2.47. The SMILES string of the molecule is COc1ccc(NC(=O)CN2CCOC(CN)C2)cc1Cl. The van der Waals surface area contributed by atoms with Gasteiger partial charge in [-0.1, -0.05) is 11.6 Å². The summed E-state index contributed by atoms with van der Waals surface area (Å²) in [7, 11) is 1.55. The molecule has 0 bridgehead atoms. The fourth-order valence-electron chi connectivity index (χ4n) is 2.21. The van der Waals surface area contributed by atoms with Gasteiger partial charge in [-0.15, -0.1) is 0 Å². The van der Waals surface area contributed by atoms with Crippen LogP contribution < -0.4 is 15.8 Å². The second-order valence-corrected chi connectivity index (χ2v) is 5.27. The summed E-state index contributed by atoms with van der Waals surface area (Å²) in [6.07, 6.45) is 0.00183. The number of carbonyl (C=O) groups excluding carboxylic acids is 1. The number of ether oxygens (including phenoxy) is 2. The van der Waals surface area contributed by atoms with Crippen molar-refractivity contribution in [2.75, 3.05) is 45.2 Å². The van der Waals surface area contributed by atoms with Gasteiger partial charge in [0.25, 0.3) is 0 Å². The zero-order chi connectivity index (χ0) is 15.2. The summed E-state index contributed by atoms with van der Waals surface area (Å²) in [5, 5.41) is 3.28. The molecule has 1 heterocycles. The Morgan fingerprint density at radius 3 is 3.10 bits per heavy atom. The lowest BCUT2D eigenvalue weighted by Gasteiger charge is -2.31. The van der Waals surface area contributed by atoms with Crippen molar-refractivity contribution >= 4 is 23.2 Å². The molecule has 0 saturated carbocycles. The van der Waals surface area contributed by atoms with Gasteiger partial charge < -0.3 is 20.5 Å². The van der Waals surface area contributed by atoms with E-state index in [1.165, 1.54) is 0 Å². The third kappa shape index (κ3) is 4.57. The monoisotopic (exact) mass is 313 g/mol. The molecule has 1 amide bonds. The highest BCUT2D eigenvalue weighted by atomic mass is 35.5. The molecule has 116 valence electrons. The first-order chi connectivity index (χ1) is 10.1. The number of benzene rings is 1. The number of hydrogen-bond donors (Lipinski definition) is 2. The molecule has 0 aromatic heterocycles. The van der Waals surface area contributed by atoms with Crippen molar-refractivity contribution in [1.82, 2.24) is 4.90 Å². The predicted octanol–water partition coefficient (Wildman–Crippen LogP) is 0.947. The minimum Gasteiger partial charge on any atom is -0.495 e. The zero-order valence-electron chi connectivity index (χ0n) is 12.0. The van der Waals surface area contributed by atoms with E-state index in [1.54, 1.807) is 25.3 Å². The van der Waals surface area contributed by atoms with E-state index < -0.39 is 0 Å². The van der Waals surface area contributed by atoms with Crippen LogP contribution in [0.2, 0.25) is 5.02 Å². The number of nitrogens with one attached hydrogen (secondary N) is 1. The van der Waals surface area contributed by atoms with E-state index >= 15 is 0 Å². The van der Waals surface area contributed by atoms with Gasteiger partial charge in [-0.05, 0) is 18.2 Å². The lowest BCUT2D eigenvalue weighted by molar-refractivity contribution is -0.119. The second kappa shape index (κ2) is 7.61. The summed E-state index contributed by atoms with van der Waals surface area (Å²) in [6, 6.07) is 5.14. The molecule has 1 fully saturated rings. The average molecular weight is 314 g/mol. The fourth-order valence-corrected chi connectivity index (χ4v) is 2.47. The molecule has 1 saturated heterocycles. The Morgan fingerprint density at radius 2 is 2.43 bits per heavy atom. The topological polar surface area (TPSA) is 76.8 Å². The van der Waals surface area contributed by atoms with E-state index in [0.29, 0.717) is 42.7 Å². The van der Waals surface area contributed by atoms with Crippen LogP contribution >= 0.6 is 11.6 Å². The Morgan fingerprint density at radius 1 is 1.62 bits per heavy atom. The number of anilines is 1. The Kier molecular flexibility index (Phi) is 5.81. The van der Waals surface area contributed by atoms with Gasteiger partial charge >= 0.3 is 0 Å². The van der Waals surface area contributed by atoms with Crippen LogP contribution in [0.25, 0.3) is 0 Å². The van der Waals surface area contributed by atoms with E-state index in [4.69, 9.17) is 26.8 Å². The highest BCUT2D eigenvalue weighted by Crippen LogP contribution is 2.27. The molecular weight excluding hydrogens is 294 g/mol. The minimum absolute atomic E-state index is 0.00183. The Bertz CT molecular complexity index is 498. The van der Waals surface area contributed by atoms with E-state index in [0.717, 1.165) is 6.54 Å². The quantitative estimate of drug-likeness (QED) is 0.846. The molecule has 3 N–H and O–H groups in total. The number of nitrogens with two attached hydrogens (primary N) is 1. The first-order valence-electron chi connectivity index (χ1n) is 6.79. The van der Waals surface area contributed by atoms with E-state index in [2.05, 4.69) is 5.32 Å². The van der Waals surface area contributed by atoms with Gasteiger partial charge in [-0.3, -0.25) is 9.69 Å². The Labute approximate surface area is 129 Å². The third-order valence-electron chi connectivity index (χ3n) is 3.29. The van der Waals surface area contributed by atoms with Crippen LogP contribution in [0.3, 0.4) is 0 Å². The maximum absolute atomic E-state index is 12.0. The molecule has 0 aliphatic carbocycles. The lowest BCUT2D eigenvalue weighted by Crippen LogP contribution is -2.48. The van der Waals surface area contributed by atoms with Crippen molar-refractivity contribution in [3.05, 3.63) is 23.2 Å². The maximum Gasteiger partial charge on any atom is 0.238 e. The molecule has 21 heavy (non-hydrogen) atoms. The number of carbonyl (C=O) groups is 1. The summed E-state index contributed by atoms with van der Waals surface area (Å²) in [6.45, 7) is 2.78. The molecule has 2 rings (SSSR count). The predicted molar refractivity (Wildman–Crippen MR) is 81.9 cm³/mol. The van der Waals surface area contributed by atoms with Crippen LogP contribution in [-0.4, -0.2) is 56.8 Å². The highest BCUT2D eigenvalue weighted by Gasteiger charge is 2.21. The maximum atomic E-state index is 12.0. The van der Waals surface area contributed by atoms with E-state index in [-0.39, 0.29) is 12.0 Å². The van der Waals surface area contributed by atoms with Crippen molar-refractivity contribution < 1.29 is 14.3 Å². The van der Waals surface area contributed by atoms with Crippen LogP contribution in [0, 0.1) is 0 Å². The normalized spacial score (nSPS) is 19.3. The zero-order valence-corrected chi connectivity index (χ0v) is 12.7. The molecule has 0 spiro atoms. The van der Waals surface area contributed by atoms with Gasteiger partial charge in [0.2, 0.25) is 5.91 Å². The first kappa shape index (κ1) is 16.0. The largest absolute Gasteiger partial charge is 0.495 e. The molecule has 7 heteroatoms. The molecule has 1 atom stereocenters. The van der Waals surface area contributed by atoms with Crippen LogP contribution in [0.15, 0.2) is 18.2 Å². The number of rotatable bonds is 5. The van der Waals surface area contributed by atoms with Crippen LogP contribution in [0.4, 0.5) is 5.69 Å². The van der Waals surface area contributed by atoms with Crippen molar-refractivity contribution in [3.8, 4) is 5.75 Å². The first-order valence-corrected chi connectivity index (χ1v) is 7.17. The van der Waals surface area contributed by atoms with E-state index in [9.17, 15) is 4.79 Å². The standard InChI is InChI=1S/C14H20ClN3O3/c1-20-13-3-2-10(6-12(13)15)17-14(19)9-18-4-5-21-11(7-16)8-18/h2-3,6,11H,4-5,7-9,16H2,1H3,(H,17,19). The minimum atomic E-state index is -0.0890. The van der Waals surface area contributed by atoms with Crippen molar-refractivity contribution in [2.24, 2.45) is 5.73 Å². The summed E-state index contributed by atoms with van der Waals surface area (Å²) >= 11 is 6.03. The van der Waals surface area contributed by atoms with Crippen molar-refractivity contribution in [1.29, 1.82) is 0 Å². The van der Waals surface area contributed by atoms with Crippen molar-refractivity contribution in [2.45, 2.75) is 6.10 Å². The Balaban J connectivity index is 1.88.